The van der Waals surface area contributed by atoms with Gasteiger partial charge in [-0.1, -0.05) is 60.7 Å². The number of ketones is 1. The largest absolute Gasteiger partial charge is 0.299 e. The van der Waals surface area contributed by atoms with Crippen LogP contribution in [0.15, 0.2) is 60.7 Å². The van der Waals surface area contributed by atoms with E-state index in [4.69, 9.17) is 0 Å². The summed E-state index contributed by atoms with van der Waals surface area (Å²) in [5, 5.41) is -0.244. The lowest BCUT2D eigenvalue weighted by Gasteiger charge is -2.17. The van der Waals surface area contributed by atoms with Crippen molar-refractivity contribution in [2.24, 2.45) is 0 Å². The van der Waals surface area contributed by atoms with Crippen LogP contribution in [0.3, 0.4) is 0 Å². The summed E-state index contributed by atoms with van der Waals surface area (Å²) in [6.07, 6.45) is 0. The van der Waals surface area contributed by atoms with Gasteiger partial charge in [-0.05, 0) is 18.1 Å². The molecule has 2 aromatic carbocycles. The molecule has 1 atom stereocenters. The van der Waals surface area contributed by atoms with Gasteiger partial charge in [-0.3, -0.25) is 9.00 Å². The molecule has 0 aromatic heterocycles. The van der Waals surface area contributed by atoms with E-state index in [1.807, 2.05) is 60.7 Å². The van der Waals surface area contributed by atoms with Crippen LogP contribution in [0, 0.1) is 0 Å². The molecular weight excluding hydrogens is 256 g/mol. The van der Waals surface area contributed by atoms with Gasteiger partial charge in [0.1, 0.15) is 5.78 Å². The van der Waals surface area contributed by atoms with E-state index in [1.165, 1.54) is 6.92 Å². The molecule has 98 valence electrons. The first-order chi connectivity index (χ1) is 9.18. The molecule has 0 spiro atoms. The zero-order valence-corrected chi connectivity index (χ0v) is 11.6. The molecule has 0 saturated heterocycles. The second-order valence-corrected chi connectivity index (χ2v) is 5.95. The van der Waals surface area contributed by atoms with Crippen molar-refractivity contribution in [3.8, 4) is 0 Å². The first-order valence-electron chi connectivity index (χ1n) is 6.15. The maximum Gasteiger partial charge on any atom is 0.142 e. The van der Waals surface area contributed by atoms with E-state index >= 15 is 0 Å². The highest BCUT2D eigenvalue weighted by atomic mass is 32.2. The van der Waals surface area contributed by atoms with E-state index in [9.17, 15) is 9.00 Å². The Bertz CT molecular complexity index is 524. The molecule has 2 nitrogen and oxygen atoms in total. The lowest BCUT2D eigenvalue weighted by Crippen LogP contribution is -2.15. The highest BCUT2D eigenvalue weighted by molar-refractivity contribution is 7.86. The minimum Gasteiger partial charge on any atom is -0.299 e. The quantitative estimate of drug-likeness (QED) is 0.838. The van der Waals surface area contributed by atoms with Crippen molar-refractivity contribution < 1.29 is 9.00 Å². The van der Waals surface area contributed by atoms with Crippen molar-refractivity contribution in [3.63, 3.8) is 0 Å². The predicted octanol–water partition coefficient (Wildman–Crippen LogP) is 3.11. The predicted molar refractivity (Wildman–Crippen MR) is 78.4 cm³/mol. The summed E-state index contributed by atoms with van der Waals surface area (Å²) in [7, 11) is -1.24. The molecule has 0 aliphatic heterocycles. The summed E-state index contributed by atoms with van der Waals surface area (Å²) in [5.41, 5.74) is 1.96. The molecule has 0 aliphatic rings. The van der Waals surface area contributed by atoms with Crippen molar-refractivity contribution >= 4 is 16.6 Å². The molecule has 0 N–H and O–H groups in total. The van der Waals surface area contributed by atoms with Crippen LogP contribution in [0.1, 0.15) is 23.3 Å². The van der Waals surface area contributed by atoms with Gasteiger partial charge in [0.05, 0.1) is 11.0 Å². The standard InChI is InChI=1S/C16H16O2S/c1-13(17)12-19(18)16(14-8-4-2-5-9-14)15-10-6-3-7-11-15/h2-11,16H,12H2,1H3. The Balaban J connectivity index is 2.40. The molecule has 3 heteroatoms. The molecule has 0 saturated carbocycles. The van der Waals surface area contributed by atoms with E-state index in [1.54, 1.807) is 0 Å². The Morgan fingerprint density at radius 3 is 1.74 bits per heavy atom. The van der Waals surface area contributed by atoms with E-state index < -0.39 is 10.8 Å². The van der Waals surface area contributed by atoms with Gasteiger partial charge in [0, 0.05) is 10.8 Å². The summed E-state index contributed by atoms with van der Waals surface area (Å²) < 4.78 is 12.4. The number of Topliss-reactive ketones (excluding diaryl/α,β-unsaturated/α-hetero) is 1. The lowest BCUT2D eigenvalue weighted by atomic mass is 10.0. The third-order valence-corrected chi connectivity index (χ3v) is 4.57. The molecule has 0 amide bonds. The number of carbonyl (C=O) groups excluding carboxylic acids is 1. The van der Waals surface area contributed by atoms with E-state index in [0.717, 1.165) is 11.1 Å². The normalized spacial score (nSPS) is 12.3. The molecule has 2 aromatic rings. The Morgan fingerprint density at radius 1 is 0.947 bits per heavy atom. The smallest absolute Gasteiger partial charge is 0.142 e. The molecule has 0 fully saturated rings. The molecule has 0 heterocycles. The maximum atomic E-state index is 12.4. The van der Waals surface area contributed by atoms with Gasteiger partial charge >= 0.3 is 0 Å². The summed E-state index contributed by atoms with van der Waals surface area (Å²) in [4.78, 5) is 11.2. The third kappa shape index (κ3) is 3.61. The van der Waals surface area contributed by atoms with Crippen LogP contribution in [-0.2, 0) is 15.6 Å². The fourth-order valence-electron chi connectivity index (χ4n) is 2.04. The van der Waals surface area contributed by atoms with Crippen molar-refractivity contribution in [3.05, 3.63) is 71.8 Å². The third-order valence-electron chi connectivity index (χ3n) is 2.81. The average Bonchev–Trinajstić information content (AvgIpc) is 2.40. The summed E-state index contributed by atoms with van der Waals surface area (Å²) in [6.45, 7) is 1.48. The average molecular weight is 272 g/mol. The maximum absolute atomic E-state index is 12.4. The Morgan fingerprint density at radius 2 is 1.37 bits per heavy atom. The lowest BCUT2D eigenvalue weighted by molar-refractivity contribution is -0.114. The fraction of sp³-hybridized carbons (Fsp3) is 0.188. The minimum atomic E-state index is -1.24. The number of hydrogen-bond acceptors (Lipinski definition) is 2. The van der Waals surface area contributed by atoms with Crippen molar-refractivity contribution in [2.45, 2.75) is 12.2 Å². The van der Waals surface area contributed by atoms with Gasteiger partial charge in [-0.25, -0.2) is 0 Å². The molecule has 0 radical (unpaired) electrons. The first kappa shape index (κ1) is 13.7. The fourth-order valence-corrected chi connectivity index (χ4v) is 3.52. The Kier molecular flexibility index (Phi) is 4.63. The van der Waals surface area contributed by atoms with Gasteiger partial charge in [0.2, 0.25) is 0 Å². The second kappa shape index (κ2) is 6.43. The number of rotatable bonds is 5. The molecular formula is C16H16O2S. The van der Waals surface area contributed by atoms with Crippen LogP contribution in [0.25, 0.3) is 0 Å². The summed E-state index contributed by atoms with van der Waals surface area (Å²) >= 11 is 0. The number of carbonyl (C=O) groups is 1. The SMILES string of the molecule is CC(=O)CS(=O)C(c1ccccc1)c1ccccc1. The second-order valence-electron chi connectivity index (χ2n) is 4.43. The first-order valence-corrected chi connectivity index (χ1v) is 7.53. The Hall–Kier alpha value is -1.74. The van der Waals surface area contributed by atoms with Gasteiger partial charge in [-0.15, -0.1) is 0 Å². The van der Waals surface area contributed by atoms with Crippen molar-refractivity contribution in [2.75, 3.05) is 5.75 Å². The monoisotopic (exact) mass is 272 g/mol. The minimum absolute atomic E-state index is 0.0461. The topological polar surface area (TPSA) is 34.1 Å². The highest BCUT2D eigenvalue weighted by Gasteiger charge is 2.21. The van der Waals surface area contributed by atoms with Gasteiger partial charge < -0.3 is 0 Å². The van der Waals surface area contributed by atoms with E-state index in [-0.39, 0.29) is 16.8 Å². The van der Waals surface area contributed by atoms with Gasteiger partial charge in [0.25, 0.3) is 0 Å². The Labute approximate surface area is 115 Å². The number of hydrogen-bond donors (Lipinski definition) is 0. The van der Waals surface area contributed by atoms with Crippen molar-refractivity contribution in [1.82, 2.24) is 0 Å². The van der Waals surface area contributed by atoms with Crippen LogP contribution in [0.2, 0.25) is 0 Å². The molecule has 2 rings (SSSR count). The van der Waals surface area contributed by atoms with E-state index in [0.29, 0.717) is 0 Å². The van der Waals surface area contributed by atoms with Crippen LogP contribution in [-0.4, -0.2) is 15.7 Å². The molecule has 19 heavy (non-hydrogen) atoms. The molecule has 1 unspecified atom stereocenters. The van der Waals surface area contributed by atoms with E-state index in [2.05, 4.69) is 0 Å². The van der Waals surface area contributed by atoms with Crippen LogP contribution >= 0.6 is 0 Å². The van der Waals surface area contributed by atoms with Gasteiger partial charge in [-0.2, -0.15) is 0 Å². The molecule has 0 bridgehead atoms. The van der Waals surface area contributed by atoms with Gasteiger partial charge in [0.15, 0.2) is 0 Å². The summed E-state index contributed by atoms with van der Waals surface area (Å²) in [5.74, 6) is 0.0456. The highest BCUT2D eigenvalue weighted by Crippen LogP contribution is 2.28. The molecule has 0 aliphatic carbocycles. The van der Waals surface area contributed by atoms with Crippen molar-refractivity contribution in [1.29, 1.82) is 0 Å². The summed E-state index contributed by atoms with van der Waals surface area (Å²) in [6, 6.07) is 19.4. The van der Waals surface area contributed by atoms with Crippen LogP contribution in [0.4, 0.5) is 0 Å². The van der Waals surface area contributed by atoms with Crippen LogP contribution < -0.4 is 0 Å². The zero-order chi connectivity index (χ0) is 13.7. The zero-order valence-electron chi connectivity index (χ0n) is 10.8. The number of benzene rings is 2. The van der Waals surface area contributed by atoms with Crippen LogP contribution in [0.5, 0.6) is 0 Å².